The summed E-state index contributed by atoms with van der Waals surface area (Å²) in [6.07, 6.45) is 2.07. The Bertz CT molecular complexity index is 680. The molecule has 1 atom stereocenters. The molecule has 5 heteroatoms. The highest BCUT2D eigenvalue weighted by Crippen LogP contribution is 2.26. The third kappa shape index (κ3) is 2.70. The number of anilines is 1. The summed E-state index contributed by atoms with van der Waals surface area (Å²) in [4.78, 5) is 14.4. The maximum absolute atomic E-state index is 12.5. The summed E-state index contributed by atoms with van der Waals surface area (Å²) in [5, 5.41) is 2.99. The highest BCUT2D eigenvalue weighted by molar-refractivity contribution is 9.10. The molecule has 0 bridgehead atoms. The van der Waals surface area contributed by atoms with Gasteiger partial charge in [0.2, 0.25) is 0 Å². The molecular weight excluding hydrogens is 330 g/mol. The highest BCUT2D eigenvalue weighted by atomic mass is 79.9. The molecule has 2 aromatic rings. The lowest BCUT2D eigenvalue weighted by Gasteiger charge is -2.34. The van der Waals surface area contributed by atoms with Gasteiger partial charge in [-0.05, 0) is 49.7 Å². The Morgan fingerprint density at radius 2 is 2.14 bits per heavy atom. The van der Waals surface area contributed by atoms with Crippen molar-refractivity contribution in [2.24, 2.45) is 0 Å². The monoisotopic (exact) mass is 347 g/mol. The minimum Gasteiger partial charge on any atom is -0.348 e. The smallest absolute Gasteiger partial charge is 0.322 e. The van der Waals surface area contributed by atoms with E-state index in [1.807, 2.05) is 36.1 Å². The second-order valence-corrected chi connectivity index (χ2v) is 6.24. The maximum Gasteiger partial charge on any atom is 0.322 e. The van der Waals surface area contributed by atoms with Crippen LogP contribution in [0.25, 0.3) is 0 Å². The van der Waals surface area contributed by atoms with Gasteiger partial charge in [-0.2, -0.15) is 0 Å². The van der Waals surface area contributed by atoms with Crippen LogP contribution in [-0.4, -0.2) is 22.0 Å². The molecule has 2 heterocycles. The Morgan fingerprint density at radius 1 is 1.33 bits per heavy atom. The van der Waals surface area contributed by atoms with Crippen LogP contribution >= 0.6 is 15.9 Å². The first-order valence-corrected chi connectivity index (χ1v) is 7.84. The summed E-state index contributed by atoms with van der Waals surface area (Å²) >= 11 is 3.47. The Labute approximate surface area is 132 Å². The number of urea groups is 1. The zero-order valence-electron chi connectivity index (χ0n) is 12.1. The Balaban J connectivity index is 1.75. The molecule has 1 aromatic heterocycles. The third-order valence-corrected chi connectivity index (χ3v) is 4.90. The molecule has 4 nitrogen and oxygen atoms in total. The number of hydrogen-bond donors (Lipinski definition) is 1. The molecule has 110 valence electrons. The predicted octanol–water partition coefficient (Wildman–Crippen LogP) is 4.17. The van der Waals surface area contributed by atoms with E-state index in [1.54, 1.807) is 0 Å². The van der Waals surface area contributed by atoms with E-state index in [-0.39, 0.29) is 12.1 Å². The van der Waals surface area contributed by atoms with Crippen molar-refractivity contribution in [3.05, 3.63) is 52.3 Å². The average molecular weight is 348 g/mol. The van der Waals surface area contributed by atoms with Crippen molar-refractivity contribution in [3.8, 4) is 0 Å². The van der Waals surface area contributed by atoms with Gasteiger partial charge >= 0.3 is 6.03 Å². The number of hydrogen-bond acceptors (Lipinski definition) is 1. The summed E-state index contributed by atoms with van der Waals surface area (Å²) in [5.74, 6) is 0. The lowest BCUT2D eigenvalue weighted by Crippen LogP contribution is -2.43. The molecule has 0 radical (unpaired) electrons. The third-order valence-electron chi connectivity index (χ3n) is 4.01. The normalized spacial score (nSPS) is 17.5. The van der Waals surface area contributed by atoms with Gasteiger partial charge < -0.3 is 14.8 Å². The second-order valence-electron chi connectivity index (χ2n) is 5.39. The lowest BCUT2D eigenvalue weighted by molar-refractivity contribution is 0.175. The van der Waals surface area contributed by atoms with E-state index in [2.05, 4.69) is 45.0 Å². The molecule has 0 aliphatic carbocycles. The molecular formula is C16H18BrN3O. The van der Waals surface area contributed by atoms with Gasteiger partial charge in [0.05, 0.1) is 6.04 Å². The summed E-state index contributed by atoms with van der Waals surface area (Å²) in [7, 11) is 0. The fourth-order valence-electron chi connectivity index (χ4n) is 2.77. The van der Waals surface area contributed by atoms with Gasteiger partial charge in [0.15, 0.2) is 0 Å². The van der Waals surface area contributed by atoms with Gasteiger partial charge in [-0.1, -0.05) is 15.9 Å². The minimum atomic E-state index is -0.0447. The average Bonchev–Trinajstić information content (AvgIpc) is 2.92. The molecule has 0 saturated carbocycles. The number of benzene rings is 1. The van der Waals surface area contributed by atoms with Crippen molar-refractivity contribution in [1.82, 2.24) is 9.47 Å². The molecule has 0 saturated heterocycles. The molecule has 1 N–H and O–H groups in total. The highest BCUT2D eigenvalue weighted by Gasteiger charge is 2.27. The van der Waals surface area contributed by atoms with Crippen LogP contribution in [0.2, 0.25) is 0 Å². The number of fused-ring (bicyclic) bond motifs is 1. The SMILES string of the molecule is Cc1cc(NC(=O)N2CCn3cccc3[C@@H]2C)ccc1Br. The first-order valence-electron chi connectivity index (χ1n) is 7.05. The van der Waals surface area contributed by atoms with E-state index >= 15 is 0 Å². The fraction of sp³-hybridized carbons (Fsp3) is 0.312. The van der Waals surface area contributed by atoms with Gasteiger partial charge in [-0.3, -0.25) is 0 Å². The Hall–Kier alpha value is -1.75. The number of aryl methyl sites for hydroxylation is 1. The van der Waals surface area contributed by atoms with E-state index in [4.69, 9.17) is 0 Å². The van der Waals surface area contributed by atoms with Crippen molar-refractivity contribution in [1.29, 1.82) is 0 Å². The minimum absolute atomic E-state index is 0.0447. The first kappa shape index (κ1) is 14.2. The van der Waals surface area contributed by atoms with Crippen LogP contribution in [-0.2, 0) is 6.54 Å². The van der Waals surface area contributed by atoms with E-state index in [0.29, 0.717) is 0 Å². The number of halogens is 1. The topological polar surface area (TPSA) is 37.3 Å². The summed E-state index contributed by atoms with van der Waals surface area (Å²) in [6, 6.07) is 9.99. The van der Waals surface area contributed by atoms with Crippen LogP contribution < -0.4 is 5.32 Å². The van der Waals surface area contributed by atoms with E-state index in [1.165, 1.54) is 5.69 Å². The summed E-state index contributed by atoms with van der Waals surface area (Å²) < 4.78 is 3.25. The molecule has 3 rings (SSSR count). The quantitative estimate of drug-likeness (QED) is 0.825. The van der Waals surface area contributed by atoms with Crippen LogP contribution in [0.5, 0.6) is 0 Å². The molecule has 1 aliphatic rings. The van der Waals surface area contributed by atoms with Crippen LogP contribution in [0.3, 0.4) is 0 Å². The molecule has 2 amide bonds. The molecule has 1 aromatic carbocycles. The van der Waals surface area contributed by atoms with Crippen molar-refractivity contribution in [3.63, 3.8) is 0 Å². The Kier molecular flexibility index (Phi) is 3.76. The van der Waals surface area contributed by atoms with E-state index in [9.17, 15) is 4.79 Å². The first-order chi connectivity index (χ1) is 10.1. The van der Waals surface area contributed by atoms with Crippen molar-refractivity contribution in [2.75, 3.05) is 11.9 Å². The fourth-order valence-corrected chi connectivity index (χ4v) is 3.02. The van der Waals surface area contributed by atoms with E-state index in [0.717, 1.165) is 28.8 Å². The molecule has 1 aliphatic heterocycles. The number of rotatable bonds is 1. The van der Waals surface area contributed by atoms with Crippen LogP contribution in [0.1, 0.15) is 24.2 Å². The van der Waals surface area contributed by atoms with Crippen molar-refractivity contribution >= 4 is 27.6 Å². The maximum atomic E-state index is 12.5. The Morgan fingerprint density at radius 3 is 2.90 bits per heavy atom. The number of carbonyl (C=O) groups is 1. The lowest BCUT2D eigenvalue weighted by atomic mass is 10.1. The molecule has 0 spiro atoms. The van der Waals surface area contributed by atoms with Gasteiger partial charge in [-0.25, -0.2) is 4.79 Å². The standard InChI is InChI=1S/C16H18BrN3O/c1-11-10-13(5-6-14(11)17)18-16(21)20-9-8-19-7-3-4-15(19)12(20)2/h3-7,10,12H,8-9H2,1-2H3,(H,18,21)/t12-/m0/s1. The number of carbonyl (C=O) groups excluding carboxylic acids is 1. The molecule has 21 heavy (non-hydrogen) atoms. The van der Waals surface area contributed by atoms with Crippen LogP contribution in [0, 0.1) is 6.92 Å². The summed E-state index contributed by atoms with van der Waals surface area (Å²) in [5.41, 5.74) is 3.12. The van der Waals surface area contributed by atoms with Crippen LogP contribution in [0.15, 0.2) is 41.0 Å². The van der Waals surface area contributed by atoms with Crippen molar-refractivity contribution in [2.45, 2.75) is 26.4 Å². The predicted molar refractivity (Wildman–Crippen MR) is 87.5 cm³/mol. The van der Waals surface area contributed by atoms with Crippen molar-refractivity contribution < 1.29 is 4.79 Å². The molecule has 0 unspecified atom stereocenters. The summed E-state index contributed by atoms with van der Waals surface area (Å²) in [6.45, 7) is 5.65. The number of amides is 2. The largest absolute Gasteiger partial charge is 0.348 e. The van der Waals surface area contributed by atoms with Crippen LogP contribution in [0.4, 0.5) is 10.5 Å². The van der Waals surface area contributed by atoms with Gasteiger partial charge in [-0.15, -0.1) is 0 Å². The zero-order chi connectivity index (χ0) is 15.0. The number of nitrogens with zero attached hydrogens (tertiary/aromatic N) is 2. The van der Waals surface area contributed by atoms with E-state index < -0.39 is 0 Å². The van der Waals surface area contributed by atoms with Gasteiger partial charge in [0.1, 0.15) is 0 Å². The van der Waals surface area contributed by atoms with Gasteiger partial charge in [0, 0.05) is 35.1 Å². The number of aromatic nitrogens is 1. The number of nitrogens with one attached hydrogen (secondary N) is 1. The molecule has 0 fully saturated rings. The van der Waals surface area contributed by atoms with Gasteiger partial charge in [0.25, 0.3) is 0 Å². The second kappa shape index (κ2) is 5.56. The zero-order valence-corrected chi connectivity index (χ0v) is 13.7.